The van der Waals surface area contributed by atoms with E-state index in [9.17, 15) is 9.59 Å². The zero-order valence-corrected chi connectivity index (χ0v) is 12.9. The number of carbonyl (C=O) groups is 2. The van der Waals surface area contributed by atoms with Crippen molar-refractivity contribution in [2.75, 3.05) is 11.5 Å². The van der Waals surface area contributed by atoms with E-state index in [1.807, 2.05) is 0 Å². The molecule has 2 aromatic rings. The van der Waals surface area contributed by atoms with Gasteiger partial charge in [0, 0.05) is 13.2 Å². The summed E-state index contributed by atoms with van der Waals surface area (Å²) in [5.74, 6) is -0.161. The number of halogens is 1. The summed E-state index contributed by atoms with van der Waals surface area (Å²) < 4.78 is 6.43. The minimum Gasteiger partial charge on any atom is -0.462 e. The number of pyridine rings is 1. The number of carbonyl (C=O) groups excluding carboxylic acids is 2. The van der Waals surface area contributed by atoms with Crippen molar-refractivity contribution >= 4 is 29.8 Å². The van der Waals surface area contributed by atoms with E-state index in [1.54, 1.807) is 32.3 Å². The SMILES string of the molecule is CCOC(=O)c1cnn(C)c1N(C=O)Cc1ccnc(Cl)c1. The van der Waals surface area contributed by atoms with E-state index < -0.39 is 5.97 Å². The molecular weight excluding hydrogens is 308 g/mol. The van der Waals surface area contributed by atoms with Gasteiger partial charge in [0.1, 0.15) is 16.5 Å². The number of anilines is 1. The fourth-order valence-corrected chi connectivity index (χ4v) is 2.22. The molecule has 116 valence electrons. The lowest BCUT2D eigenvalue weighted by molar-refractivity contribution is -0.107. The quantitative estimate of drug-likeness (QED) is 0.460. The minimum atomic E-state index is -0.523. The van der Waals surface area contributed by atoms with E-state index in [0.29, 0.717) is 17.4 Å². The Kier molecular flexibility index (Phi) is 5.11. The molecule has 0 fully saturated rings. The second kappa shape index (κ2) is 7.04. The molecule has 0 aliphatic carbocycles. The second-order valence-corrected chi connectivity index (χ2v) is 4.83. The van der Waals surface area contributed by atoms with Crippen LogP contribution in [0.15, 0.2) is 24.5 Å². The zero-order chi connectivity index (χ0) is 16.1. The molecule has 0 aromatic carbocycles. The fourth-order valence-electron chi connectivity index (χ4n) is 2.02. The smallest absolute Gasteiger partial charge is 0.343 e. The zero-order valence-electron chi connectivity index (χ0n) is 12.2. The van der Waals surface area contributed by atoms with Gasteiger partial charge in [-0.1, -0.05) is 11.6 Å². The molecule has 0 radical (unpaired) electrons. The maximum absolute atomic E-state index is 12.0. The van der Waals surface area contributed by atoms with E-state index in [1.165, 1.54) is 15.8 Å². The summed E-state index contributed by atoms with van der Waals surface area (Å²) in [6, 6.07) is 3.39. The van der Waals surface area contributed by atoms with Crippen LogP contribution < -0.4 is 4.90 Å². The number of aryl methyl sites for hydroxylation is 1. The Balaban J connectivity index is 2.33. The van der Waals surface area contributed by atoms with Gasteiger partial charge in [0.2, 0.25) is 6.41 Å². The lowest BCUT2D eigenvalue weighted by atomic mass is 10.2. The summed E-state index contributed by atoms with van der Waals surface area (Å²) in [7, 11) is 1.65. The van der Waals surface area contributed by atoms with E-state index in [2.05, 4.69) is 10.1 Å². The predicted molar refractivity (Wildman–Crippen MR) is 80.7 cm³/mol. The number of esters is 1. The molecule has 0 atom stereocenters. The van der Waals surface area contributed by atoms with Gasteiger partial charge < -0.3 is 4.74 Å². The Morgan fingerprint density at radius 1 is 1.55 bits per heavy atom. The molecule has 8 heteroatoms. The maximum Gasteiger partial charge on any atom is 0.343 e. The summed E-state index contributed by atoms with van der Waals surface area (Å²) in [6.45, 7) is 2.19. The van der Waals surface area contributed by atoms with Gasteiger partial charge in [0.25, 0.3) is 0 Å². The van der Waals surface area contributed by atoms with Gasteiger partial charge in [-0.3, -0.25) is 14.4 Å². The Morgan fingerprint density at radius 2 is 2.32 bits per heavy atom. The number of hydrogen-bond donors (Lipinski definition) is 0. The van der Waals surface area contributed by atoms with Crippen LogP contribution in [0.4, 0.5) is 5.82 Å². The molecule has 0 spiro atoms. The molecular formula is C14H15ClN4O3. The van der Waals surface area contributed by atoms with Gasteiger partial charge in [0.05, 0.1) is 19.3 Å². The molecule has 7 nitrogen and oxygen atoms in total. The molecule has 0 bridgehead atoms. The Bertz CT molecular complexity index is 686. The summed E-state index contributed by atoms with van der Waals surface area (Å²) in [5.41, 5.74) is 1.01. The summed E-state index contributed by atoms with van der Waals surface area (Å²) >= 11 is 5.84. The van der Waals surface area contributed by atoms with Crippen molar-refractivity contribution in [1.29, 1.82) is 0 Å². The Hall–Kier alpha value is -2.41. The first-order valence-corrected chi connectivity index (χ1v) is 6.96. The third-order valence-electron chi connectivity index (χ3n) is 2.95. The topological polar surface area (TPSA) is 77.3 Å². The lowest BCUT2D eigenvalue weighted by Gasteiger charge is -2.19. The number of amides is 1. The average Bonchev–Trinajstić information content (AvgIpc) is 2.87. The standard InChI is InChI=1S/C14H15ClN4O3/c1-3-22-14(21)11-7-17-18(2)13(11)19(9-20)8-10-4-5-16-12(15)6-10/h4-7,9H,3,8H2,1-2H3. The second-order valence-electron chi connectivity index (χ2n) is 4.45. The van der Waals surface area contributed by atoms with Gasteiger partial charge >= 0.3 is 5.97 Å². The van der Waals surface area contributed by atoms with E-state index in [4.69, 9.17) is 16.3 Å². The average molecular weight is 323 g/mol. The van der Waals surface area contributed by atoms with Crippen molar-refractivity contribution in [3.05, 3.63) is 40.8 Å². The normalized spacial score (nSPS) is 10.3. The van der Waals surface area contributed by atoms with Crippen LogP contribution in [0.3, 0.4) is 0 Å². The first-order chi connectivity index (χ1) is 10.6. The Morgan fingerprint density at radius 3 is 2.95 bits per heavy atom. The number of nitrogens with zero attached hydrogens (tertiary/aromatic N) is 4. The minimum absolute atomic E-state index is 0.233. The van der Waals surface area contributed by atoms with Gasteiger partial charge in [-0.05, 0) is 24.6 Å². The van der Waals surface area contributed by atoms with Crippen LogP contribution in [0.1, 0.15) is 22.8 Å². The first kappa shape index (κ1) is 16.0. The molecule has 1 amide bonds. The van der Waals surface area contributed by atoms with Crippen LogP contribution in [-0.4, -0.2) is 33.8 Å². The van der Waals surface area contributed by atoms with Crippen LogP contribution >= 0.6 is 11.6 Å². The van der Waals surface area contributed by atoms with E-state index >= 15 is 0 Å². The summed E-state index contributed by atoms with van der Waals surface area (Å²) in [6.07, 6.45) is 3.56. The third-order valence-corrected chi connectivity index (χ3v) is 3.15. The van der Waals surface area contributed by atoms with Gasteiger partial charge in [-0.25, -0.2) is 9.78 Å². The fraction of sp³-hybridized carbons (Fsp3) is 0.286. The molecule has 0 N–H and O–H groups in total. The van der Waals surface area contributed by atoms with E-state index in [-0.39, 0.29) is 18.7 Å². The molecule has 0 saturated heterocycles. The highest BCUT2D eigenvalue weighted by molar-refractivity contribution is 6.29. The third kappa shape index (κ3) is 3.43. The van der Waals surface area contributed by atoms with Crippen molar-refractivity contribution < 1.29 is 14.3 Å². The molecule has 0 unspecified atom stereocenters. The van der Waals surface area contributed by atoms with Crippen LogP contribution in [0.5, 0.6) is 0 Å². The van der Waals surface area contributed by atoms with Gasteiger partial charge in [-0.2, -0.15) is 5.10 Å². The lowest BCUT2D eigenvalue weighted by Crippen LogP contribution is -2.25. The highest BCUT2D eigenvalue weighted by Gasteiger charge is 2.22. The monoisotopic (exact) mass is 322 g/mol. The van der Waals surface area contributed by atoms with Crippen molar-refractivity contribution in [2.24, 2.45) is 7.05 Å². The predicted octanol–water partition coefficient (Wildman–Crippen LogP) is 1.81. The van der Waals surface area contributed by atoms with E-state index in [0.717, 1.165) is 5.56 Å². The van der Waals surface area contributed by atoms with Gasteiger partial charge in [-0.15, -0.1) is 0 Å². The van der Waals surface area contributed by atoms with Gasteiger partial charge in [0.15, 0.2) is 0 Å². The summed E-state index contributed by atoms with van der Waals surface area (Å²) in [5, 5.41) is 4.36. The molecule has 2 rings (SSSR count). The van der Waals surface area contributed by atoms with Crippen molar-refractivity contribution in [3.8, 4) is 0 Å². The largest absolute Gasteiger partial charge is 0.462 e. The van der Waals surface area contributed by atoms with Crippen molar-refractivity contribution in [3.63, 3.8) is 0 Å². The molecule has 0 saturated carbocycles. The summed E-state index contributed by atoms with van der Waals surface area (Å²) in [4.78, 5) is 28.7. The van der Waals surface area contributed by atoms with Crippen molar-refractivity contribution in [1.82, 2.24) is 14.8 Å². The first-order valence-electron chi connectivity index (χ1n) is 6.58. The molecule has 2 aromatic heterocycles. The number of aromatic nitrogens is 3. The maximum atomic E-state index is 12.0. The van der Waals surface area contributed by atoms with Crippen LogP contribution in [0.2, 0.25) is 5.15 Å². The van der Waals surface area contributed by atoms with Crippen LogP contribution in [0, 0.1) is 0 Å². The van der Waals surface area contributed by atoms with Crippen LogP contribution in [-0.2, 0) is 23.1 Å². The Labute approximate surface area is 132 Å². The van der Waals surface area contributed by atoms with Crippen LogP contribution in [0.25, 0.3) is 0 Å². The number of hydrogen-bond acceptors (Lipinski definition) is 5. The molecule has 22 heavy (non-hydrogen) atoms. The molecule has 0 aliphatic rings. The number of rotatable bonds is 6. The molecule has 0 aliphatic heterocycles. The highest BCUT2D eigenvalue weighted by Crippen LogP contribution is 2.22. The number of ether oxygens (including phenoxy) is 1. The van der Waals surface area contributed by atoms with Crippen molar-refractivity contribution in [2.45, 2.75) is 13.5 Å². The highest BCUT2D eigenvalue weighted by atomic mass is 35.5. The molecule has 2 heterocycles.